The minimum absolute atomic E-state index is 0.123. The lowest BCUT2D eigenvalue weighted by Gasteiger charge is -2.21. The first-order valence-corrected chi connectivity index (χ1v) is 7.91. The van der Waals surface area contributed by atoms with E-state index in [0.717, 1.165) is 24.4 Å². The molecule has 1 fully saturated rings. The van der Waals surface area contributed by atoms with E-state index in [2.05, 4.69) is 54.8 Å². The number of benzene rings is 1. The van der Waals surface area contributed by atoms with Crippen LogP contribution in [-0.2, 0) is 10.2 Å². The third-order valence-corrected chi connectivity index (χ3v) is 4.61. The van der Waals surface area contributed by atoms with Gasteiger partial charge in [-0.1, -0.05) is 31.2 Å². The summed E-state index contributed by atoms with van der Waals surface area (Å²) >= 11 is 0. The van der Waals surface area contributed by atoms with Gasteiger partial charge in [0.25, 0.3) is 0 Å². The van der Waals surface area contributed by atoms with Gasteiger partial charge in [-0.05, 0) is 51.0 Å². The Kier molecular flexibility index (Phi) is 5.17. The molecule has 0 bridgehead atoms. The second-order valence-corrected chi connectivity index (χ2v) is 6.10. The molecule has 0 N–H and O–H groups in total. The van der Waals surface area contributed by atoms with Gasteiger partial charge in [0, 0.05) is 12.0 Å². The van der Waals surface area contributed by atoms with Gasteiger partial charge in [0.2, 0.25) is 0 Å². The molecule has 2 rings (SSSR count). The van der Waals surface area contributed by atoms with Crippen LogP contribution in [0.25, 0.3) is 0 Å². The van der Waals surface area contributed by atoms with Crippen molar-refractivity contribution < 1.29 is 4.74 Å². The first-order valence-electron chi connectivity index (χ1n) is 7.91. The van der Waals surface area contributed by atoms with Crippen LogP contribution in [0.15, 0.2) is 45.7 Å². The van der Waals surface area contributed by atoms with E-state index in [0.29, 0.717) is 12.5 Å². The molecule has 0 aliphatic heterocycles. The number of ether oxygens (including phenoxy) is 1. The molecule has 0 radical (unpaired) electrons. The monoisotopic (exact) mass is 298 g/mol. The Balaban J connectivity index is 2.20. The van der Waals surface area contributed by atoms with E-state index in [1.54, 1.807) is 6.21 Å². The minimum Gasteiger partial charge on any atom is -0.489 e. The van der Waals surface area contributed by atoms with Gasteiger partial charge in [0.05, 0.1) is 18.5 Å². The first-order chi connectivity index (χ1) is 10.5. The van der Waals surface area contributed by atoms with Gasteiger partial charge in [-0.3, -0.25) is 9.98 Å². The summed E-state index contributed by atoms with van der Waals surface area (Å²) < 4.78 is 6.10. The Labute approximate surface area is 133 Å². The number of hydrogen-bond donors (Lipinski definition) is 0. The number of aliphatic imine (C=N–C) groups is 2. The van der Waals surface area contributed by atoms with Crippen LogP contribution in [0.2, 0.25) is 0 Å². The Morgan fingerprint density at radius 3 is 2.68 bits per heavy atom. The molecule has 0 heterocycles. The van der Waals surface area contributed by atoms with Crippen molar-refractivity contribution in [2.45, 2.75) is 39.5 Å². The zero-order chi connectivity index (χ0) is 16.2. The standard InChI is InChI=1S/C19H26N2O/c1-6-21-12-18(16(4)20-5)22-13-19(11-15(19)3)17-10-8-7-9-14(17)2/h7-10,12,15H,5-6,11,13H2,1-4H3/b18-16+,21-12?. The maximum Gasteiger partial charge on any atom is 0.158 e. The van der Waals surface area contributed by atoms with Crippen molar-refractivity contribution in [2.75, 3.05) is 13.2 Å². The first kappa shape index (κ1) is 16.5. The number of nitrogens with zero attached hydrogens (tertiary/aromatic N) is 2. The molecule has 118 valence electrons. The summed E-state index contributed by atoms with van der Waals surface area (Å²) in [6.45, 7) is 13.4. The Bertz CT molecular complexity index is 603. The highest BCUT2D eigenvalue weighted by Gasteiger charge is 2.53. The number of rotatable bonds is 7. The van der Waals surface area contributed by atoms with Crippen LogP contribution in [0.5, 0.6) is 0 Å². The molecule has 3 heteroatoms. The van der Waals surface area contributed by atoms with Crippen LogP contribution in [0.3, 0.4) is 0 Å². The lowest BCUT2D eigenvalue weighted by atomic mass is 9.90. The molecule has 0 aromatic heterocycles. The summed E-state index contributed by atoms with van der Waals surface area (Å²) in [5.41, 5.74) is 3.64. The van der Waals surface area contributed by atoms with Crippen molar-refractivity contribution >= 4 is 12.9 Å². The summed E-state index contributed by atoms with van der Waals surface area (Å²) in [4.78, 5) is 8.26. The molecule has 0 saturated heterocycles. The highest BCUT2D eigenvalue weighted by atomic mass is 16.5. The quantitative estimate of drug-likeness (QED) is 0.545. The van der Waals surface area contributed by atoms with Crippen molar-refractivity contribution in [3.8, 4) is 0 Å². The highest BCUT2D eigenvalue weighted by Crippen LogP contribution is 2.55. The fraction of sp³-hybridized carbons (Fsp3) is 0.474. The normalized spacial score (nSPS) is 25.0. The second-order valence-electron chi connectivity index (χ2n) is 6.10. The Morgan fingerprint density at radius 2 is 2.14 bits per heavy atom. The summed E-state index contributed by atoms with van der Waals surface area (Å²) in [7, 11) is 0. The van der Waals surface area contributed by atoms with Gasteiger partial charge in [-0.2, -0.15) is 0 Å². The average molecular weight is 298 g/mol. The molecule has 22 heavy (non-hydrogen) atoms. The molecule has 0 spiro atoms. The fourth-order valence-electron chi connectivity index (χ4n) is 2.97. The molecular formula is C19H26N2O. The van der Waals surface area contributed by atoms with E-state index < -0.39 is 0 Å². The van der Waals surface area contributed by atoms with Crippen molar-refractivity contribution in [1.29, 1.82) is 0 Å². The van der Waals surface area contributed by atoms with Crippen molar-refractivity contribution in [2.24, 2.45) is 15.9 Å². The largest absolute Gasteiger partial charge is 0.489 e. The lowest BCUT2D eigenvalue weighted by Crippen LogP contribution is -2.19. The smallest absolute Gasteiger partial charge is 0.158 e. The van der Waals surface area contributed by atoms with Gasteiger partial charge < -0.3 is 4.74 Å². The van der Waals surface area contributed by atoms with Crippen LogP contribution in [-0.4, -0.2) is 26.1 Å². The van der Waals surface area contributed by atoms with E-state index in [9.17, 15) is 0 Å². The van der Waals surface area contributed by atoms with E-state index in [1.165, 1.54) is 11.1 Å². The van der Waals surface area contributed by atoms with E-state index in [1.807, 2.05) is 13.8 Å². The van der Waals surface area contributed by atoms with E-state index in [-0.39, 0.29) is 5.41 Å². The molecule has 3 nitrogen and oxygen atoms in total. The predicted octanol–water partition coefficient (Wildman–Crippen LogP) is 4.31. The molecule has 1 aromatic rings. The number of aryl methyl sites for hydroxylation is 1. The minimum atomic E-state index is 0.123. The fourth-order valence-corrected chi connectivity index (χ4v) is 2.97. The Morgan fingerprint density at radius 1 is 1.45 bits per heavy atom. The van der Waals surface area contributed by atoms with Gasteiger partial charge in [-0.25, -0.2) is 0 Å². The second kappa shape index (κ2) is 6.91. The third-order valence-electron chi connectivity index (χ3n) is 4.61. The van der Waals surface area contributed by atoms with E-state index in [4.69, 9.17) is 4.74 Å². The van der Waals surface area contributed by atoms with Crippen molar-refractivity contribution in [3.63, 3.8) is 0 Å². The van der Waals surface area contributed by atoms with Gasteiger partial charge in [0.1, 0.15) is 0 Å². The Hall–Kier alpha value is -1.90. The van der Waals surface area contributed by atoms with E-state index >= 15 is 0 Å². The van der Waals surface area contributed by atoms with Gasteiger partial charge in [0.15, 0.2) is 5.76 Å². The zero-order valence-electron chi connectivity index (χ0n) is 14.1. The van der Waals surface area contributed by atoms with Crippen LogP contribution >= 0.6 is 0 Å². The van der Waals surface area contributed by atoms with Crippen molar-refractivity contribution in [3.05, 3.63) is 46.8 Å². The molecule has 1 aliphatic rings. The summed E-state index contributed by atoms with van der Waals surface area (Å²) in [5, 5.41) is 0. The maximum atomic E-state index is 6.10. The van der Waals surface area contributed by atoms with Crippen LogP contribution < -0.4 is 0 Å². The van der Waals surface area contributed by atoms with Gasteiger partial charge in [-0.15, -0.1) is 0 Å². The zero-order valence-corrected chi connectivity index (χ0v) is 14.1. The van der Waals surface area contributed by atoms with Crippen LogP contribution in [0.1, 0.15) is 38.3 Å². The number of hydrogen-bond acceptors (Lipinski definition) is 3. The molecular weight excluding hydrogens is 272 g/mol. The van der Waals surface area contributed by atoms with Gasteiger partial charge >= 0.3 is 0 Å². The molecule has 2 atom stereocenters. The molecule has 1 saturated carbocycles. The highest BCUT2D eigenvalue weighted by molar-refractivity contribution is 5.77. The molecule has 0 amide bonds. The number of allylic oxidation sites excluding steroid dienone is 2. The summed E-state index contributed by atoms with van der Waals surface area (Å²) in [6.07, 6.45) is 2.93. The third kappa shape index (κ3) is 3.29. The lowest BCUT2D eigenvalue weighted by molar-refractivity contribution is 0.193. The molecule has 2 unspecified atom stereocenters. The summed E-state index contributed by atoms with van der Waals surface area (Å²) in [6, 6.07) is 8.60. The van der Waals surface area contributed by atoms with Crippen LogP contribution in [0.4, 0.5) is 0 Å². The average Bonchev–Trinajstić information content (AvgIpc) is 3.18. The molecule has 1 aromatic carbocycles. The SMILES string of the molecule is C=N/C(C)=C(\C=NCC)OCC1(c2ccccc2C)CC1C. The van der Waals surface area contributed by atoms with Crippen molar-refractivity contribution in [1.82, 2.24) is 0 Å². The van der Waals surface area contributed by atoms with Crippen LogP contribution in [0, 0.1) is 12.8 Å². The topological polar surface area (TPSA) is 34.0 Å². The molecule has 1 aliphatic carbocycles. The summed E-state index contributed by atoms with van der Waals surface area (Å²) in [5.74, 6) is 1.36. The maximum absolute atomic E-state index is 6.10. The predicted molar refractivity (Wildman–Crippen MR) is 93.9 cm³/mol.